The van der Waals surface area contributed by atoms with Gasteiger partial charge < -0.3 is 0 Å². The number of hydrogen-bond acceptors (Lipinski definition) is 2. The Hall–Kier alpha value is -1.05. The van der Waals surface area contributed by atoms with E-state index in [2.05, 4.69) is 37.9 Å². The van der Waals surface area contributed by atoms with Gasteiger partial charge in [0.1, 0.15) is 10.8 Å². The smallest absolute Gasteiger partial charge is 0.155 e. The highest BCUT2D eigenvalue weighted by atomic mass is 79.9. The van der Waals surface area contributed by atoms with Crippen molar-refractivity contribution in [3.05, 3.63) is 29.2 Å². The predicted molar refractivity (Wildman–Crippen MR) is 58.7 cm³/mol. The number of aromatic nitrogens is 3. The molecule has 70 valence electrons. The normalized spacial score (nSPS) is 9.86. The van der Waals surface area contributed by atoms with E-state index in [-0.39, 0.29) is 0 Å². The molecule has 14 heavy (non-hydrogen) atoms. The summed E-state index contributed by atoms with van der Waals surface area (Å²) in [5.41, 5.74) is 1.48. The molecule has 0 aliphatic rings. The van der Waals surface area contributed by atoms with E-state index in [4.69, 9.17) is 11.6 Å². The van der Waals surface area contributed by atoms with Crippen molar-refractivity contribution in [3.63, 3.8) is 0 Å². The van der Waals surface area contributed by atoms with E-state index in [0.29, 0.717) is 10.5 Å². The van der Waals surface area contributed by atoms with Gasteiger partial charge in [0.15, 0.2) is 5.65 Å². The Morgan fingerprint density at radius 3 is 3.14 bits per heavy atom. The maximum atomic E-state index is 5.76. The number of halogens is 2. The van der Waals surface area contributed by atoms with Crippen LogP contribution in [-0.2, 0) is 0 Å². The maximum absolute atomic E-state index is 5.76. The van der Waals surface area contributed by atoms with Crippen LogP contribution in [0, 0.1) is 11.8 Å². The zero-order chi connectivity index (χ0) is 9.97. The molecule has 0 bridgehead atoms. The summed E-state index contributed by atoms with van der Waals surface area (Å²) in [4.78, 5) is 4.14. The highest BCUT2D eigenvalue weighted by molar-refractivity contribution is 9.09. The summed E-state index contributed by atoms with van der Waals surface area (Å²) in [6.45, 7) is 0. The zero-order valence-electron chi connectivity index (χ0n) is 7.04. The monoisotopic (exact) mass is 269 g/mol. The molecule has 0 atom stereocenters. The van der Waals surface area contributed by atoms with Crippen molar-refractivity contribution in [2.75, 3.05) is 5.33 Å². The second-order valence-electron chi connectivity index (χ2n) is 2.50. The molecule has 0 N–H and O–H groups in total. The molecule has 0 radical (unpaired) electrons. The van der Waals surface area contributed by atoms with E-state index in [1.165, 1.54) is 0 Å². The first-order valence-corrected chi connectivity index (χ1v) is 5.36. The fraction of sp³-hybridized carbons (Fsp3) is 0.111. The van der Waals surface area contributed by atoms with Crippen molar-refractivity contribution in [2.45, 2.75) is 0 Å². The molecule has 0 spiro atoms. The summed E-state index contributed by atoms with van der Waals surface area (Å²) in [6, 6.07) is 3.50. The van der Waals surface area contributed by atoms with Crippen LogP contribution in [0.3, 0.4) is 0 Å². The number of nitrogens with zero attached hydrogens (tertiary/aromatic N) is 3. The van der Waals surface area contributed by atoms with Crippen LogP contribution in [0.15, 0.2) is 18.3 Å². The summed E-state index contributed by atoms with van der Waals surface area (Å²) >= 11 is 8.99. The third-order valence-corrected chi connectivity index (χ3v) is 2.09. The average molecular weight is 271 g/mol. The van der Waals surface area contributed by atoms with Gasteiger partial charge in [0.05, 0.1) is 11.5 Å². The first-order chi connectivity index (χ1) is 6.81. The molecule has 0 aromatic carbocycles. The van der Waals surface area contributed by atoms with Crippen molar-refractivity contribution in [1.29, 1.82) is 0 Å². The number of rotatable bonds is 0. The molecule has 0 saturated carbocycles. The van der Waals surface area contributed by atoms with Crippen molar-refractivity contribution >= 4 is 33.2 Å². The van der Waals surface area contributed by atoms with Crippen LogP contribution in [0.1, 0.15) is 5.69 Å². The van der Waals surface area contributed by atoms with Gasteiger partial charge in [-0.15, -0.1) is 0 Å². The number of fused-ring (bicyclic) bond motifs is 1. The highest BCUT2D eigenvalue weighted by Gasteiger charge is 2.01. The fourth-order valence-electron chi connectivity index (χ4n) is 1.06. The highest BCUT2D eigenvalue weighted by Crippen LogP contribution is 2.08. The maximum Gasteiger partial charge on any atom is 0.155 e. The fourth-order valence-corrected chi connectivity index (χ4v) is 1.34. The minimum absolute atomic E-state index is 0.428. The predicted octanol–water partition coefficient (Wildman–Crippen LogP) is 2.13. The third kappa shape index (κ3) is 1.74. The molecule has 0 saturated heterocycles. The average Bonchev–Trinajstić information content (AvgIpc) is 2.57. The van der Waals surface area contributed by atoms with Crippen LogP contribution in [0.5, 0.6) is 0 Å². The lowest BCUT2D eigenvalue weighted by Gasteiger charge is -1.93. The summed E-state index contributed by atoms with van der Waals surface area (Å²) < 4.78 is 1.62. The molecule has 0 aliphatic carbocycles. The van der Waals surface area contributed by atoms with Crippen LogP contribution < -0.4 is 0 Å². The van der Waals surface area contributed by atoms with Gasteiger partial charge in [0.25, 0.3) is 0 Å². The molecular weight excluding hydrogens is 265 g/mol. The Bertz CT molecular complexity index is 524. The second-order valence-corrected chi connectivity index (χ2v) is 3.45. The molecule has 2 aromatic heterocycles. The molecule has 0 amide bonds. The summed E-state index contributed by atoms with van der Waals surface area (Å²) in [6.07, 6.45) is 1.67. The molecule has 5 heteroatoms. The lowest BCUT2D eigenvalue weighted by Crippen LogP contribution is -1.93. The lowest BCUT2D eigenvalue weighted by molar-refractivity contribution is 0.924. The van der Waals surface area contributed by atoms with Crippen LogP contribution in [0.2, 0.25) is 5.15 Å². The van der Waals surface area contributed by atoms with Crippen LogP contribution >= 0.6 is 27.5 Å². The summed E-state index contributed by atoms with van der Waals surface area (Å²) in [5.74, 6) is 5.81. The van der Waals surface area contributed by atoms with Gasteiger partial charge in [-0.3, -0.25) is 0 Å². The Balaban J connectivity index is 2.61. The van der Waals surface area contributed by atoms with Crippen LogP contribution in [0.4, 0.5) is 0 Å². The largest absolute Gasteiger partial charge is 0.234 e. The molecular formula is C9H5BrClN3. The first-order valence-electron chi connectivity index (χ1n) is 3.86. The topological polar surface area (TPSA) is 30.2 Å². The van der Waals surface area contributed by atoms with Crippen molar-refractivity contribution in [3.8, 4) is 11.8 Å². The van der Waals surface area contributed by atoms with Crippen molar-refractivity contribution in [2.24, 2.45) is 0 Å². The van der Waals surface area contributed by atoms with Crippen LogP contribution in [-0.4, -0.2) is 19.9 Å². The van der Waals surface area contributed by atoms with Crippen LogP contribution in [0.25, 0.3) is 5.65 Å². The summed E-state index contributed by atoms with van der Waals surface area (Å²) in [5, 5.41) is 5.14. The van der Waals surface area contributed by atoms with Gasteiger partial charge in [-0.1, -0.05) is 33.5 Å². The van der Waals surface area contributed by atoms with Gasteiger partial charge in [0, 0.05) is 0 Å². The Morgan fingerprint density at radius 2 is 2.36 bits per heavy atom. The standard InChI is InChI=1S/C9H5BrClN3/c10-5-1-2-7-6-12-9-4-3-8(11)13-14(7)9/h3-4,6H,5H2. The summed E-state index contributed by atoms with van der Waals surface area (Å²) in [7, 11) is 0. The Labute approximate surface area is 94.2 Å². The SMILES string of the molecule is Clc1ccc2ncc(C#CCBr)n2n1. The molecule has 3 nitrogen and oxygen atoms in total. The van der Waals surface area contributed by atoms with Gasteiger partial charge >= 0.3 is 0 Å². The van der Waals surface area contributed by atoms with Gasteiger partial charge in [-0.2, -0.15) is 5.10 Å². The van der Waals surface area contributed by atoms with Gasteiger partial charge in [-0.25, -0.2) is 9.50 Å². The molecule has 0 unspecified atom stereocenters. The van der Waals surface area contributed by atoms with E-state index in [9.17, 15) is 0 Å². The molecule has 2 heterocycles. The number of imidazole rings is 1. The molecule has 2 rings (SSSR count). The zero-order valence-corrected chi connectivity index (χ0v) is 9.38. The quantitative estimate of drug-likeness (QED) is 0.542. The third-order valence-electron chi connectivity index (χ3n) is 1.61. The molecule has 0 fully saturated rings. The second kappa shape index (κ2) is 3.99. The molecule has 0 aliphatic heterocycles. The van der Waals surface area contributed by atoms with Gasteiger partial charge in [0.2, 0.25) is 0 Å². The van der Waals surface area contributed by atoms with Crippen molar-refractivity contribution in [1.82, 2.24) is 14.6 Å². The van der Waals surface area contributed by atoms with E-state index < -0.39 is 0 Å². The first kappa shape index (κ1) is 9.50. The minimum Gasteiger partial charge on any atom is -0.234 e. The number of alkyl halides is 1. The minimum atomic E-state index is 0.428. The van der Waals surface area contributed by atoms with Crippen molar-refractivity contribution < 1.29 is 0 Å². The Kier molecular flexibility index (Phi) is 2.71. The Morgan fingerprint density at radius 1 is 1.50 bits per heavy atom. The van der Waals surface area contributed by atoms with E-state index in [1.54, 1.807) is 22.8 Å². The lowest BCUT2D eigenvalue weighted by atomic mass is 10.5. The van der Waals surface area contributed by atoms with E-state index in [1.807, 2.05) is 0 Å². The van der Waals surface area contributed by atoms with E-state index in [0.717, 1.165) is 11.3 Å². The van der Waals surface area contributed by atoms with E-state index >= 15 is 0 Å². The molecule has 2 aromatic rings. The number of hydrogen-bond donors (Lipinski definition) is 0. The van der Waals surface area contributed by atoms with Gasteiger partial charge in [-0.05, 0) is 18.1 Å².